The zero-order valence-electron chi connectivity index (χ0n) is 10.4. The van der Waals surface area contributed by atoms with E-state index in [9.17, 15) is 18.0 Å². The van der Waals surface area contributed by atoms with Crippen LogP contribution in [-0.4, -0.2) is 10.8 Å². The molecular formula is C14H8Cl2F3NO. The van der Waals surface area contributed by atoms with E-state index in [0.29, 0.717) is 21.8 Å². The molecule has 1 aromatic carbocycles. The summed E-state index contributed by atoms with van der Waals surface area (Å²) in [6, 6.07) is 6.54. The van der Waals surface area contributed by atoms with E-state index >= 15 is 0 Å². The molecule has 0 unspecified atom stereocenters. The van der Waals surface area contributed by atoms with Crippen LogP contribution in [0.25, 0.3) is 0 Å². The van der Waals surface area contributed by atoms with Crippen molar-refractivity contribution in [3.63, 3.8) is 0 Å². The lowest BCUT2D eigenvalue weighted by Gasteiger charge is -2.07. The Hall–Kier alpha value is -1.59. The first kappa shape index (κ1) is 15.8. The molecule has 0 amide bonds. The van der Waals surface area contributed by atoms with Crippen molar-refractivity contribution in [2.75, 3.05) is 0 Å². The van der Waals surface area contributed by atoms with Crippen molar-refractivity contribution < 1.29 is 18.0 Å². The van der Waals surface area contributed by atoms with Gasteiger partial charge in [0.1, 0.15) is 5.69 Å². The van der Waals surface area contributed by atoms with E-state index in [1.54, 1.807) is 12.1 Å². The van der Waals surface area contributed by atoms with Crippen molar-refractivity contribution in [3.8, 4) is 0 Å². The van der Waals surface area contributed by atoms with Gasteiger partial charge >= 0.3 is 6.18 Å². The number of Topliss-reactive ketones (excluding diaryl/α,β-unsaturated/α-hetero) is 1. The Morgan fingerprint density at radius 1 is 1.14 bits per heavy atom. The van der Waals surface area contributed by atoms with Crippen LogP contribution in [0.2, 0.25) is 10.0 Å². The zero-order valence-corrected chi connectivity index (χ0v) is 11.9. The van der Waals surface area contributed by atoms with E-state index < -0.39 is 17.5 Å². The molecule has 0 fully saturated rings. The molecule has 0 bridgehead atoms. The molecule has 0 aliphatic heterocycles. The number of hydrogen-bond acceptors (Lipinski definition) is 2. The molecule has 2 aromatic rings. The standard InChI is InChI=1S/C14H8Cl2F3NO/c15-10-3-1-8(11(16)6-10)5-13(21)12-4-2-9(7-20-12)14(17,18)19/h1-4,6-7H,5H2. The monoisotopic (exact) mass is 333 g/mol. The minimum Gasteiger partial charge on any atom is -0.292 e. The van der Waals surface area contributed by atoms with Gasteiger partial charge < -0.3 is 0 Å². The zero-order chi connectivity index (χ0) is 15.6. The van der Waals surface area contributed by atoms with Gasteiger partial charge in [-0.3, -0.25) is 9.78 Å². The molecule has 0 N–H and O–H groups in total. The summed E-state index contributed by atoms with van der Waals surface area (Å²) in [5.74, 6) is -0.423. The molecule has 0 aliphatic rings. The maximum Gasteiger partial charge on any atom is 0.417 e. The third kappa shape index (κ3) is 3.95. The van der Waals surface area contributed by atoms with E-state index in [2.05, 4.69) is 4.98 Å². The van der Waals surface area contributed by atoms with E-state index in [-0.39, 0.29) is 12.1 Å². The van der Waals surface area contributed by atoms with Gasteiger partial charge in [0.25, 0.3) is 0 Å². The number of carbonyl (C=O) groups is 1. The third-order valence-electron chi connectivity index (χ3n) is 2.74. The maximum absolute atomic E-state index is 12.4. The van der Waals surface area contributed by atoms with Crippen molar-refractivity contribution in [1.82, 2.24) is 4.98 Å². The van der Waals surface area contributed by atoms with Crippen LogP contribution < -0.4 is 0 Å². The van der Waals surface area contributed by atoms with Crippen LogP contribution in [0.5, 0.6) is 0 Å². The summed E-state index contributed by atoms with van der Waals surface area (Å²) >= 11 is 11.7. The van der Waals surface area contributed by atoms with Gasteiger partial charge in [-0.2, -0.15) is 13.2 Å². The second kappa shape index (κ2) is 6.03. The number of pyridine rings is 1. The average molecular weight is 334 g/mol. The summed E-state index contributed by atoms with van der Waals surface area (Å²) in [5.41, 5.74) is -0.412. The molecule has 2 rings (SSSR count). The lowest BCUT2D eigenvalue weighted by atomic mass is 10.1. The molecule has 2 nitrogen and oxygen atoms in total. The van der Waals surface area contributed by atoms with E-state index in [0.717, 1.165) is 12.1 Å². The Kier molecular flexibility index (Phi) is 4.54. The van der Waals surface area contributed by atoms with Gasteiger partial charge in [-0.15, -0.1) is 0 Å². The number of benzene rings is 1. The van der Waals surface area contributed by atoms with Crippen LogP contribution in [0.15, 0.2) is 36.5 Å². The number of nitrogens with zero attached hydrogens (tertiary/aromatic N) is 1. The quantitative estimate of drug-likeness (QED) is 0.753. The third-order valence-corrected chi connectivity index (χ3v) is 3.33. The number of ketones is 1. The van der Waals surface area contributed by atoms with E-state index in [4.69, 9.17) is 23.2 Å². The second-order valence-electron chi connectivity index (χ2n) is 4.27. The largest absolute Gasteiger partial charge is 0.417 e. The average Bonchev–Trinajstić information content (AvgIpc) is 2.41. The molecular weight excluding hydrogens is 326 g/mol. The Balaban J connectivity index is 2.17. The second-order valence-corrected chi connectivity index (χ2v) is 5.11. The first-order valence-electron chi connectivity index (χ1n) is 5.78. The van der Waals surface area contributed by atoms with Gasteiger partial charge in [-0.05, 0) is 29.8 Å². The summed E-state index contributed by atoms with van der Waals surface area (Å²) in [6.45, 7) is 0. The van der Waals surface area contributed by atoms with Crippen molar-refractivity contribution in [3.05, 3.63) is 63.4 Å². The number of hydrogen-bond donors (Lipinski definition) is 0. The van der Waals surface area contributed by atoms with Crippen LogP contribution in [0, 0.1) is 0 Å². The fraction of sp³-hybridized carbons (Fsp3) is 0.143. The molecule has 7 heteroatoms. The van der Waals surface area contributed by atoms with E-state index in [1.807, 2.05) is 0 Å². The highest BCUT2D eigenvalue weighted by molar-refractivity contribution is 6.35. The van der Waals surface area contributed by atoms with Crippen molar-refractivity contribution >= 4 is 29.0 Å². The summed E-state index contributed by atoms with van der Waals surface area (Å²) in [6.07, 6.45) is -3.90. The smallest absolute Gasteiger partial charge is 0.292 e. The predicted molar refractivity (Wildman–Crippen MR) is 73.7 cm³/mol. The molecule has 1 aromatic heterocycles. The number of carbonyl (C=O) groups excluding carboxylic acids is 1. The molecule has 0 atom stereocenters. The topological polar surface area (TPSA) is 30.0 Å². The fourth-order valence-corrected chi connectivity index (χ4v) is 2.13. The van der Waals surface area contributed by atoms with Crippen molar-refractivity contribution in [2.24, 2.45) is 0 Å². The highest BCUT2D eigenvalue weighted by Crippen LogP contribution is 2.28. The van der Waals surface area contributed by atoms with Gasteiger partial charge in [0, 0.05) is 22.7 Å². The Morgan fingerprint density at radius 3 is 2.38 bits per heavy atom. The molecule has 0 saturated carbocycles. The van der Waals surface area contributed by atoms with Crippen LogP contribution in [0.3, 0.4) is 0 Å². The predicted octanol–water partition coefficient (Wildman–Crippen LogP) is 4.83. The number of alkyl halides is 3. The highest BCUT2D eigenvalue weighted by atomic mass is 35.5. The van der Waals surface area contributed by atoms with Crippen LogP contribution in [-0.2, 0) is 12.6 Å². The molecule has 21 heavy (non-hydrogen) atoms. The molecule has 0 spiro atoms. The molecule has 0 radical (unpaired) electrons. The van der Waals surface area contributed by atoms with Gasteiger partial charge in [-0.1, -0.05) is 29.3 Å². The minimum atomic E-state index is -4.48. The molecule has 0 saturated heterocycles. The number of halogens is 5. The number of rotatable bonds is 3. The minimum absolute atomic E-state index is 0.0472. The van der Waals surface area contributed by atoms with Crippen molar-refractivity contribution in [1.29, 1.82) is 0 Å². The molecule has 110 valence electrons. The SMILES string of the molecule is O=C(Cc1ccc(Cl)cc1Cl)c1ccc(C(F)(F)F)cn1. The van der Waals surface area contributed by atoms with Crippen LogP contribution in [0.4, 0.5) is 13.2 Å². The molecule has 1 heterocycles. The summed E-state index contributed by atoms with van der Waals surface area (Å²) in [5, 5.41) is 0.756. The van der Waals surface area contributed by atoms with Crippen molar-refractivity contribution in [2.45, 2.75) is 12.6 Å². The normalized spacial score (nSPS) is 11.5. The van der Waals surface area contributed by atoms with Gasteiger partial charge in [0.15, 0.2) is 5.78 Å². The lowest BCUT2D eigenvalue weighted by Crippen LogP contribution is -2.10. The van der Waals surface area contributed by atoms with Crippen LogP contribution in [0.1, 0.15) is 21.6 Å². The molecule has 0 aliphatic carbocycles. The summed E-state index contributed by atoms with van der Waals surface area (Å²) < 4.78 is 37.2. The summed E-state index contributed by atoms with van der Waals surface area (Å²) in [4.78, 5) is 15.5. The lowest BCUT2D eigenvalue weighted by molar-refractivity contribution is -0.137. The Morgan fingerprint density at radius 2 is 1.86 bits per heavy atom. The Labute approximate surface area is 128 Å². The maximum atomic E-state index is 12.4. The van der Waals surface area contributed by atoms with E-state index in [1.165, 1.54) is 6.07 Å². The van der Waals surface area contributed by atoms with Crippen LogP contribution >= 0.6 is 23.2 Å². The van der Waals surface area contributed by atoms with Gasteiger partial charge in [0.2, 0.25) is 0 Å². The van der Waals surface area contributed by atoms with Gasteiger partial charge in [-0.25, -0.2) is 0 Å². The van der Waals surface area contributed by atoms with Gasteiger partial charge in [0.05, 0.1) is 5.56 Å². The Bertz CT molecular complexity index is 669. The summed E-state index contributed by atoms with van der Waals surface area (Å²) in [7, 11) is 0. The highest BCUT2D eigenvalue weighted by Gasteiger charge is 2.30. The fourth-order valence-electron chi connectivity index (χ4n) is 1.66. The number of aromatic nitrogens is 1. The first-order chi connectivity index (χ1) is 9.77. The first-order valence-corrected chi connectivity index (χ1v) is 6.53.